The summed E-state index contributed by atoms with van der Waals surface area (Å²) >= 11 is 5.37. The van der Waals surface area contributed by atoms with E-state index in [1.165, 1.54) is 18.5 Å². The number of rotatable bonds is 3. The van der Waals surface area contributed by atoms with Gasteiger partial charge in [0.15, 0.2) is 5.82 Å². The molecule has 15 heavy (non-hydrogen) atoms. The molecule has 1 aromatic heterocycles. The second-order valence-electron chi connectivity index (χ2n) is 3.23. The van der Waals surface area contributed by atoms with Crippen LogP contribution in [0.1, 0.15) is 6.42 Å². The van der Waals surface area contributed by atoms with Crippen molar-refractivity contribution in [2.75, 3.05) is 22.2 Å². The van der Waals surface area contributed by atoms with E-state index in [0.29, 0.717) is 11.9 Å². The standard InChI is InChI=1S/C8H12BrN5S/c9-6-7(11-4-12-8(6)14-10)13-5-1-2-15-3-5/h4-5H,1-3,10H2,(H2,11,12,13,14). The molecule has 0 spiro atoms. The highest BCUT2D eigenvalue weighted by molar-refractivity contribution is 9.10. The number of nitrogens with zero attached hydrogens (tertiary/aromatic N) is 2. The van der Waals surface area contributed by atoms with Crippen LogP contribution in [0.3, 0.4) is 0 Å². The van der Waals surface area contributed by atoms with Gasteiger partial charge in [-0.2, -0.15) is 11.8 Å². The molecule has 1 aliphatic rings. The predicted octanol–water partition coefficient (Wildman–Crippen LogP) is 1.44. The van der Waals surface area contributed by atoms with Crippen molar-refractivity contribution >= 4 is 39.3 Å². The first-order valence-corrected chi connectivity index (χ1v) is 6.57. The van der Waals surface area contributed by atoms with Gasteiger partial charge in [-0.1, -0.05) is 0 Å². The minimum absolute atomic E-state index is 0.492. The molecule has 0 aliphatic carbocycles. The molecule has 0 bridgehead atoms. The van der Waals surface area contributed by atoms with Gasteiger partial charge in [0, 0.05) is 11.8 Å². The summed E-state index contributed by atoms with van der Waals surface area (Å²) in [7, 11) is 0. The molecule has 2 rings (SSSR count). The highest BCUT2D eigenvalue weighted by Crippen LogP contribution is 2.28. The van der Waals surface area contributed by atoms with E-state index in [4.69, 9.17) is 5.84 Å². The largest absolute Gasteiger partial charge is 0.365 e. The quantitative estimate of drug-likeness (QED) is 0.578. The van der Waals surface area contributed by atoms with Crippen molar-refractivity contribution in [1.29, 1.82) is 0 Å². The zero-order chi connectivity index (χ0) is 10.7. The number of halogens is 1. The Morgan fingerprint density at radius 2 is 2.27 bits per heavy atom. The van der Waals surface area contributed by atoms with Crippen LogP contribution in [0.4, 0.5) is 11.6 Å². The smallest absolute Gasteiger partial charge is 0.159 e. The van der Waals surface area contributed by atoms with Gasteiger partial charge in [0.25, 0.3) is 0 Å². The summed E-state index contributed by atoms with van der Waals surface area (Å²) in [5, 5.41) is 3.37. The van der Waals surface area contributed by atoms with Gasteiger partial charge >= 0.3 is 0 Å². The van der Waals surface area contributed by atoms with Crippen molar-refractivity contribution in [2.45, 2.75) is 12.5 Å². The fourth-order valence-electron chi connectivity index (χ4n) is 1.41. The second kappa shape index (κ2) is 5.00. The van der Waals surface area contributed by atoms with Crippen LogP contribution in [0.5, 0.6) is 0 Å². The van der Waals surface area contributed by atoms with E-state index < -0.39 is 0 Å². The first kappa shape index (κ1) is 11.0. The van der Waals surface area contributed by atoms with Gasteiger partial charge in [0.1, 0.15) is 16.6 Å². The average Bonchev–Trinajstić information content (AvgIpc) is 2.74. The summed E-state index contributed by atoms with van der Waals surface area (Å²) in [6.07, 6.45) is 2.66. The molecule has 7 heteroatoms. The van der Waals surface area contributed by atoms with E-state index in [9.17, 15) is 0 Å². The number of thioether (sulfide) groups is 1. The molecule has 0 aromatic carbocycles. The lowest BCUT2D eigenvalue weighted by Crippen LogP contribution is -2.20. The number of nitrogen functional groups attached to an aromatic ring is 1. The van der Waals surface area contributed by atoms with Crippen LogP contribution >= 0.6 is 27.7 Å². The van der Waals surface area contributed by atoms with Crippen LogP contribution in [-0.2, 0) is 0 Å². The summed E-state index contributed by atoms with van der Waals surface area (Å²) in [5.74, 6) is 9.06. The molecule has 1 aliphatic heterocycles. The van der Waals surface area contributed by atoms with Crippen molar-refractivity contribution in [3.05, 3.63) is 10.8 Å². The van der Waals surface area contributed by atoms with Gasteiger partial charge in [-0.3, -0.25) is 0 Å². The van der Waals surface area contributed by atoms with E-state index in [2.05, 4.69) is 36.6 Å². The van der Waals surface area contributed by atoms with E-state index in [1.807, 2.05) is 11.8 Å². The normalized spacial score (nSPS) is 20.3. The van der Waals surface area contributed by atoms with Crippen LogP contribution in [-0.4, -0.2) is 27.5 Å². The van der Waals surface area contributed by atoms with Crippen molar-refractivity contribution in [1.82, 2.24) is 9.97 Å². The van der Waals surface area contributed by atoms with Crippen molar-refractivity contribution in [3.8, 4) is 0 Å². The maximum atomic E-state index is 5.33. The molecule has 0 saturated carbocycles. The lowest BCUT2D eigenvalue weighted by molar-refractivity contribution is 0.804. The first-order valence-electron chi connectivity index (χ1n) is 4.62. The Bertz CT molecular complexity index is 342. The van der Waals surface area contributed by atoms with Gasteiger partial charge < -0.3 is 10.7 Å². The number of hydrazine groups is 1. The Morgan fingerprint density at radius 1 is 1.47 bits per heavy atom. The summed E-state index contributed by atoms with van der Waals surface area (Å²) in [6.45, 7) is 0. The minimum atomic E-state index is 0.492. The van der Waals surface area contributed by atoms with Gasteiger partial charge in [-0.25, -0.2) is 15.8 Å². The minimum Gasteiger partial charge on any atom is -0.365 e. The zero-order valence-electron chi connectivity index (χ0n) is 8.03. The van der Waals surface area contributed by atoms with Gasteiger partial charge in [0.05, 0.1) is 0 Å². The maximum absolute atomic E-state index is 5.33. The van der Waals surface area contributed by atoms with Crippen LogP contribution in [0.25, 0.3) is 0 Å². The highest BCUT2D eigenvalue weighted by Gasteiger charge is 2.17. The Hall–Kier alpha value is -0.530. The molecule has 1 fully saturated rings. The van der Waals surface area contributed by atoms with Gasteiger partial charge in [-0.05, 0) is 28.1 Å². The highest BCUT2D eigenvalue weighted by atomic mass is 79.9. The van der Waals surface area contributed by atoms with Gasteiger partial charge in [-0.15, -0.1) is 0 Å². The number of anilines is 2. The molecule has 4 N–H and O–H groups in total. The van der Waals surface area contributed by atoms with E-state index in [1.54, 1.807) is 0 Å². The van der Waals surface area contributed by atoms with Crippen molar-refractivity contribution in [3.63, 3.8) is 0 Å². The molecule has 82 valence electrons. The lowest BCUT2D eigenvalue weighted by Gasteiger charge is -2.14. The van der Waals surface area contributed by atoms with Gasteiger partial charge in [0.2, 0.25) is 0 Å². The Kier molecular flexibility index (Phi) is 3.66. The molecule has 0 radical (unpaired) electrons. The van der Waals surface area contributed by atoms with Crippen LogP contribution in [0.15, 0.2) is 10.8 Å². The molecule has 1 atom stereocenters. The average molecular weight is 290 g/mol. The van der Waals surface area contributed by atoms with E-state index >= 15 is 0 Å². The molecule has 1 unspecified atom stereocenters. The third-order valence-electron chi connectivity index (χ3n) is 2.20. The first-order chi connectivity index (χ1) is 7.31. The monoisotopic (exact) mass is 289 g/mol. The summed E-state index contributed by atoms with van der Waals surface area (Å²) < 4.78 is 0.782. The predicted molar refractivity (Wildman–Crippen MR) is 66.9 cm³/mol. The summed E-state index contributed by atoms with van der Waals surface area (Å²) in [5.41, 5.74) is 2.52. The molecular formula is C8H12BrN5S. The van der Waals surface area contributed by atoms with Crippen molar-refractivity contribution < 1.29 is 0 Å². The molecule has 1 saturated heterocycles. The van der Waals surface area contributed by atoms with E-state index in [0.717, 1.165) is 16.0 Å². The van der Waals surface area contributed by atoms with E-state index in [-0.39, 0.29) is 0 Å². The topological polar surface area (TPSA) is 75.9 Å². The fraction of sp³-hybridized carbons (Fsp3) is 0.500. The zero-order valence-corrected chi connectivity index (χ0v) is 10.4. The fourth-order valence-corrected chi connectivity index (χ4v) is 3.00. The van der Waals surface area contributed by atoms with Crippen LogP contribution in [0.2, 0.25) is 0 Å². The number of nitrogens with two attached hydrogens (primary N) is 1. The molecular weight excluding hydrogens is 278 g/mol. The molecule has 2 heterocycles. The third-order valence-corrected chi connectivity index (χ3v) is 4.11. The number of nitrogens with one attached hydrogen (secondary N) is 2. The Labute approximate surface area is 101 Å². The summed E-state index contributed by atoms with van der Waals surface area (Å²) in [4.78, 5) is 8.17. The summed E-state index contributed by atoms with van der Waals surface area (Å²) in [6, 6.07) is 0.492. The van der Waals surface area contributed by atoms with Crippen molar-refractivity contribution in [2.24, 2.45) is 5.84 Å². The number of aromatic nitrogens is 2. The molecule has 0 amide bonds. The maximum Gasteiger partial charge on any atom is 0.159 e. The lowest BCUT2D eigenvalue weighted by atomic mass is 10.2. The second-order valence-corrected chi connectivity index (χ2v) is 5.18. The Balaban J connectivity index is 2.13. The Morgan fingerprint density at radius 3 is 2.93 bits per heavy atom. The molecule has 5 nitrogen and oxygen atoms in total. The number of hydrogen-bond acceptors (Lipinski definition) is 6. The molecule has 1 aromatic rings. The third kappa shape index (κ3) is 2.53. The van der Waals surface area contributed by atoms with Crippen LogP contribution < -0.4 is 16.6 Å². The number of hydrogen-bond donors (Lipinski definition) is 3. The SMILES string of the molecule is NNc1ncnc(NC2CCSC2)c1Br. The van der Waals surface area contributed by atoms with Crippen LogP contribution in [0, 0.1) is 0 Å².